The van der Waals surface area contributed by atoms with Gasteiger partial charge in [-0.2, -0.15) is 0 Å². The lowest BCUT2D eigenvalue weighted by atomic mass is 10.4. The molecule has 0 saturated heterocycles. The maximum absolute atomic E-state index is 3.39. The second-order valence-electron chi connectivity index (χ2n) is 4.58. The topological polar surface area (TPSA) is 30.5 Å². The maximum Gasteiger partial charge on any atom is 0.0110 e. The minimum atomic E-state index is 1.07. The highest BCUT2D eigenvalue weighted by Gasteiger charge is 2.05. The Morgan fingerprint density at radius 2 is 1.00 bits per heavy atom. The number of hydrogen-bond acceptors (Lipinski definition) is 4. The van der Waals surface area contributed by atoms with Crippen LogP contribution in [0.2, 0.25) is 0 Å². The zero-order valence-corrected chi connectivity index (χ0v) is 13.0. The Balaban J connectivity index is 3.70. The van der Waals surface area contributed by atoms with Crippen LogP contribution in [0.1, 0.15) is 27.7 Å². The van der Waals surface area contributed by atoms with E-state index < -0.39 is 0 Å². The first-order valence-electron chi connectivity index (χ1n) is 7.64. The van der Waals surface area contributed by atoms with Crippen LogP contribution in [0.15, 0.2) is 0 Å². The summed E-state index contributed by atoms with van der Waals surface area (Å²) >= 11 is 0. The molecule has 0 aromatic heterocycles. The van der Waals surface area contributed by atoms with E-state index in [-0.39, 0.29) is 0 Å². The predicted octanol–water partition coefficient (Wildman–Crippen LogP) is 0.849. The largest absolute Gasteiger partial charge is 0.316 e. The molecule has 2 N–H and O–H groups in total. The summed E-state index contributed by atoms with van der Waals surface area (Å²) < 4.78 is 0. The second-order valence-corrected chi connectivity index (χ2v) is 4.58. The van der Waals surface area contributed by atoms with E-state index in [0.29, 0.717) is 0 Å². The SMILES string of the molecule is CCNCCN(CC)CCN(CC)CCNCC. The Labute approximate surface area is 114 Å². The van der Waals surface area contributed by atoms with Crippen LogP contribution in [-0.4, -0.2) is 75.2 Å². The van der Waals surface area contributed by atoms with Crippen LogP contribution in [0.5, 0.6) is 0 Å². The van der Waals surface area contributed by atoms with E-state index in [0.717, 1.165) is 52.4 Å². The highest BCUT2D eigenvalue weighted by atomic mass is 15.2. The molecule has 0 bridgehead atoms. The first-order valence-corrected chi connectivity index (χ1v) is 7.64. The molecule has 0 fully saturated rings. The Kier molecular flexibility index (Phi) is 13.2. The van der Waals surface area contributed by atoms with Crippen molar-refractivity contribution in [2.45, 2.75) is 27.7 Å². The van der Waals surface area contributed by atoms with E-state index in [9.17, 15) is 0 Å². The summed E-state index contributed by atoms with van der Waals surface area (Å²) in [5.74, 6) is 0. The van der Waals surface area contributed by atoms with Crippen molar-refractivity contribution in [2.75, 3.05) is 65.4 Å². The fraction of sp³-hybridized carbons (Fsp3) is 1.00. The Morgan fingerprint density at radius 3 is 1.28 bits per heavy atom. The third-order valence-electron chi connectivity index (χ3n) is 3.34. The van der Waals surface area contributed by atoms with Gasteiger partial charge in [0.1, 0.15) is 0 Å². The number of nitrogens with one attached hydrogen (secondary N) is 2. The van der Waals surface area contributed by atoms with E-state index in [1.165, 1.54) is 13.1 Å². The van der Waals surface area contributed by atoms with Gasteiger partial charge in [-0.3, -0.25) is 0 Å². The minimum absolute atomic E-state index is 1.07. The van der Waals surface area contributed by atoms with E-state index in [2.05, 4.69) is 48.1 Å². The molecule has 0 saturated carbocycles. The average Bonchev–Trinajstić information content (AvgIpc) is 2.40. The molecule has 18 heavy (non-hydrogen) atoms. The molecule has 0 aromatic carbocycles. The van der Waals surface area contributed by atoms with Crippen molar-refractivity contribution in [1.29, 1.82) is 0 Å². The fourth-order valence-electron chi connectivity index (χ4n) is 1.97. The predicted molar refractivity (Wildman–Crippen MR) is 81.3 cm³/mol. The molecule has 0 atom stereocenters. The summed E-state index contributed by atoms with van der Waals surface area (Å²) in [6.45, 7) is 20.2. The number of rotatable bonds is 13. The van der Waals surface area contributed by atoms with Crippen LogP contribution in [0.3, 0.4) is 0 Å². The Bertz CT molecular complexity index is 146. The molecular weight excluding hydrogens is 224 g/mol. The molecule has 0 rings (SSSR count). The van der Waals surface area contributed by atoms with Crippen LogP contribution < -0.4 is 10.6 Å². The molecule has 4 heteroatoms. The van der Waals surface area contributed by atoms with Gasteiger partial charge in [0.15, 0.2) is 0 Å². The average molecular weight is 258 g/mol. The van der Waals surface area contributed by atoms with Gasteiger partial charge in [0, 0.05) is 39.3 Å². The van der Waals surface area contributed by atoms with Gasteiger partial charge in [-0.1, -0.05) is 27.7 Å². The van der Waals surface area contributed by atoms with E-state index in [1.54, 1.807) is 0 Å². The third-order valence-corrected chi connectivity index (χ3v) is 3.34. The molecule has 0 radical (unpaired) electrons. The molecular formula is C14H34N4. The van der Waals surface area contributed by atoms with Gasteiger partial charge < -0.3 is 20.4 Å². The molecule has 0 aliphatic rings. The van der Waals surface area contributed by atoms with Gasteiger partial charge in [0.25, 0.3) is 0 Å². The zero-order valence-electron chi connectivity index (χ0n) is 13.0. The van der Waals surface area contributed by atoms with Crippen molar-refractivity contribution in [3.05, 3.63) is 0 Å². The summed E-state index contributed by atoms with van der Waals surface area (Å²) in [5, 5.41) is 6.78. The highest BCUT2D eigenvalue weighted by molar-refractivity contribution is 4.63. The normalized spacial score (nSPS) is 11.7. The van der Waals surface area contributed by atoms with Gasteiger partial charge in [-0.25, -0.2) is 0 Å². The van der Waals surface area contributed by atoms with Crippen LogP contribution in [-0.2, 0) is 0 Å². The quantitative estimate of drug-likeness (QED) is 0.480. The number of nitrogens with zero attached hydrogens (tertiary/aromatic N) is 2. The highest BCUT2D eigenvalue weighted by Crippen LogP contribution is 1.92. The Morgan fingerprint density at radius 1 is 0.611 bits per heavy atom. The summed E-state index contributed by atoms with van der Waals surface area (Å²) in [6, 6.07) is 0. The molecule has 0 heterocycles. The molecule has 110 valence electrons. The zero-order chi connectivity index (χ0) is 13.6. The fourth-order valence-corrected chi connectivity index (χ4v) is 1.97. The number of likely N-dealkylation sites (N-methyl/N-ethyl adjacent to an activating group) is 4. The third kappa shape index (κ3) is 9.83. The standard InChI is InChI=1S/C14H34N4/c1-5-15-9-11-17(7-3)13-14-18(8-4)12-10-16-6-2/h15-16H,5-14H2,1-4H3. The van der Waals surface area contributed by atoms with Crippen LogP contribution in [0.4, 0.5) is 0 Å². The van der Waals surface area contributed by atoms with Crippen LogP contribution in [0, 0.1) is 0 Å². The molecule has 0 aromatic rings. The van der Waals surface area contributed by atoms with Crippen molar-refractivity contribution in [1.82, 2.24) is 20.4 Å². The smallest absolute Gasteiger partial charge is 0.0110 e. The summed E-state index contributed by atoms with van der Waals surface area (Å²) in [7, 11) is 0. The lowest BCUT2D eigenvalue weighted by Crippen LogP contribution is -2.40. The molecule has 0 aliphatic heterocycles. The second kappa shape index (κ2) is 13.3. The van der Waals surface area contributed by atoms with Crippen molar-refractivity contribution < 1.29 is 0 Å². The minimum Gasteiger partial charge on any atom is -0.316 e. The molecule has 0 spiro atoms. The van der Waals surface area contributed by atoms with Crippen molar-refractivity contribution in [2.24, 2.45) is 0 Å². The van der Waals surface area contributed by atoms with Gasteiger partial charge >= 0.3 is 0 Å². The maximum atomic E-state index is 3.39. The first kappa shape index (κ1) is 17.8. The van der Waals surface area contributed by atoms with Gasteiger partial charge in [0.2, 0.25) is 0 Å². The van der Waals surface area contributed by atoms with Crippen molar-refractivity contribution in [3.8, 4) is 0 Å². The molecule has 0 unspecified atom stereocenters. The molecule has 4 nitrogen and oxygen atoms in total. The van der Waals surface area contributed by atoms with E-state index in [1.807, 2.05) is 0 Å². The van der Waals surface area contributed by atoms with Crippen molar-refractivity contribution >= 4 is 0 Å². The van der Waals surface area contributed by atoms with Crippen LogP contribution in [0.25, 0.3) is 0 Å². The lowest BCUT2D eigenvalue weighted by molar-refractivity contribution is 0.215. The number of hydrogen-bond donors (Lipinski definition) is 2. The first-order chi connectivity index (χ1) is 8.78. The van der Waals surface area contributed by atoms with Gasteiger partial charge in [-0.15, -0.1) is 0 Å². The van der Waals surface area contributed by atoms with E-state index in [4.69, 9.17) is 0 Å². The molecule has 0 aliphatic carbocycles. The lowest BCUT2D eigenvalue weighted by Gasteiger charge is -2.26. The van der Waals surface area contributed by atoms with E-state index >= 15 is 0 Å². The van der Waals surface area contributed by atoms with Crippen LogP contribution >= 0.6 is 0 Å². The molecule has 0 amide bonds. The Hall–Kier alpha value is -0.160. The summed E-state index contributed by atoms with van der Waals surface area (Å²) in [4.78, 5) is 5.05. The van der Waals surface area contributed by atoms with Gasteiger partial charge in [-0.05, 0) is 26.2 Å². The monoisotopic (exact) mass is 258 g/mol. The summed E-state index contributed by atoms with van der Waals surface area (Å²) in [6.07, 6.45) is 0. The summed E-state index contributed by atoms with van der Waals surface area (Å²) in [5.41, 5.74) is 0. The van der Waals surface area contributed by atoms with Gasteiger partial charge in [0.05, 0.1) is 0 Å². The van der Waals surface area contributed by atoms with Crippen molar-refractivity contribution in [3.63, 3.8) is 0 Å².